The summed E-state index contributed by atoms with van der Waals surface area (Å²) in [5, 5.41) is 3.15. The number of primary amides is 1. The Balaban J connectivity index is 2.78. The molecule has 0 saturated heterocycles. The Hall–Kier alpha value is -1.58. The first-order chi connectivity index (χ1) is 6.63. The maximum absolute atomic E-state index is 10.8. The lowest BCUT2D eigenvalue weighted by molar-refractivity contribution is 0.0995. The van der Waals surface area contributed by atoms with Crippen LogP contribution in [0.5, 0.6) is 0 Å². The number of nitrogens with one attached hydrogen (secondary N) is 1. The molecule has 1 amide bonds. The molecule has 75 valence electrons. The molecule has 1 atom stereocenters. The minimum Gasteiger partial charge on any atom is -0.368 e. The van der Waals surface area contributed by atoms with Crippen molar-refractivity contribution in [3.05, 3.63) is 23.9 Å². The molecule has 1 aromatic heterocycles. The molecule has 0 aliphatic heterocycles. The summed E-state index contributed by atoms with van der Waals surface area (Å²) in [6.07, 6.45) is 0.992. The second-order valence-corrected chi connectivity index (χ2v) is 3.14. The molecule has 1 unspecified atom stereocenters. The number of rotatable bonds is 4. The molecule has 1 radical (unpaired) electrons. The lowest BCUT2D eigenvalue weighted by Gasteiger charge is -2.11. The van der Waals surface area contributed by atoms with Crippen LogP contribution in [0, 0.1) is 6.07 Å². The number of amides is 1. The molecule has 0 aliphatic rings. The first kappa shape index (κ1) is 10.5. The van der Waals surface area contributed by atoms with Gasteiger partial charge in [0.25, 0.3) is 5.91 Å². The number of carbonyl (C=O) groups excluding carboxylic acids is 1. The molecule has 0 saturated carbocycles. The van der Waals surface area contributed by atoms with Crippen LogP contribution < -0.4 is 11.1 Å². The number of hydrogen-bond donors (Lipinski definition) is 2. The van der Waals surface area contributed by atoms with Crippen molar-refractivity contribution in [2.45, 2.75) is 26.3 Å². The van der Waals surface area contributed by atoms with Gasteiger partial charge in [0, 0.05) is 12.1 Å². The van der Waals surface area contributed by atoms with Crippen molar-refractivity contribution in [2.75, 3.05) is 5.32 Å². The third kappa shape index (κ3) is 2.73. The normalized spacial score (nSPS) is 12.1. The lowest BCUT2D eigenvalue weighted by Crippen LogP contribution is -2.17. The summed E-state index contributed by atoms with van der Waals surface area (Å²) < 4.78 is 0. The summed E-state index contributed by atoms with van der Waals surface area (Å²) in [5.41, 5.74) is 5.25. The number of aromatic nitrogens is 1. The summed E-state index contributed by atoms with van der Waals surface area (Å²) >= 11 is 0. The molecule has 4 heteroatoms. The first-order valence-corrected chi connectivity index (χ1v) is 4.58. The fourth-order valence-electron chi connectivity index (χ4n) is 0.951. The monoisotopic (exact) mass is 192 g/mol. The second-order valence-electron chi connectivity index (χ2n) is 3.14. The highest BCUT2D eigenvalue weighted by molar-refractivity contribution is 5.90. The number of nitrogens with zero attached hydrogens (tertiary/aromatic N) is 1. The zero-order chi connectivity index (χ0) is 10.6. The molecule has 4 nitrogen and oxygen atoms in total. The minimum atomic E-state index is -0.558. The standard InChI is InChI=1S/C10H14N3O/c1-3-7(2)12-9-6-4-5-8(13-9)10(11)14/h4,6-7H,3H2,1-2H3,(H2,11,14)(H,12,13). The third-order valence-electron chi connectivity index (χ3n) is 1.93. The molecule has 0 spiro atoms. The van der Waals surface area contributed by atoms with Gasteiger partial charge in [-0.05, 0) is 25.5 Å². The van der Waals surface area contributed by atoms with E-state index in [2.05, 4.69) is 23.3 Å². The van der Waals surface area contributed by atoms with Crippen LogP contribution in [0.3, 0.4) is 0 Å². The summed E-state index contributed by atoms with van der Waals surface area (Å²) in [7, 11) is 0. The molecule has 1 rings (SSSR count). The summed E-state index contributed by atoms with van der Waals surface area (Å²) in [6.45, 7) is 4.12. The average Bonchev–Trinajstić information content (AvgIpc) is 2.18. The molecular weight excluding hydrogens is 178 g/mol. The van der Waals surface area contributed by atoms with Gasteiger partial charge in [0.1, 0.15) is 11.5 Å². The first-order valence-electron chi connectivity index (χ1n) is 4.58. The van der Waals surface area contributed by atoms with Crippen LogP contribution in [0.25, 0.3) is 0 Å². The second kappa shape index (κ2) is 4.60. The van der Waals surface area contributed by atoms with Gasteiger partial charge in [0.05, 0.1) is 0 Å². The number of carbonyl (C=O) groups is 1. The molecule has 0 fully saturated rings. The number of pyridine rings is 1. The van der Waals surface area contributed by atoms with Crippen LogP contribution in [-0.2, 0) is 0 Å². The Kier molecular flexibility index (Phi) is 3.45. The SMILES string of the molecule is CCC(C)Nc1cc[c]c(C(N)=O)n1. The van der Waals surface area contributed by atoms with Gasteiger partial charge >= 0.3 is 0 Å². The predicted molar refractivity (Wildman–Crippen MR) is 55.0 cm³/mol. The highest BCUT2D eigenvalue weighted by atomic mass is 16.1. The van der Waals surface area contributed by atoms with Crippen molar-refractivity contribution < 1.29 is 4.79 Å². The van der Waals surface area contributed by atoms with Crippen molar-refractivity contribution in [3.8, 4) is 0 Å². The maximum atomic E-state index is 10.8. The van der Waals surface area contributed by atoms with E-state index in [0.717, 1.165) is 6.42 Å². The van der Waals surface area contributed by atoms with Gasteiger partial charge in [-0.3, -0.25) is 4.79 Å². The zero-order valence-electron chi connectivity index (χ0n) is 8.37. The van der Waals surface area contributed by atoms with E-state index in [-0.39, 0.29) is 5.69 Å². The zero-order valence-corrected chi connectivity index (χ0v) is 8.37. The molecule has 1 heterocycles. The van der Waals surface area contributed by atoms with Crippen LogP contribution >= 0.6 is 0 Å². The predicted octanol–water partition coefficient (Wildman–Crippen LogP) is 1.19. The molecule has 1 aromatic rings. The van der Waals surface area contributed by atoms with E-state index in [0.29, 0.717) is 11.9 Å². The Morgan fingerprint density at radius 1 is 1.79 bits per heavy atom. The summed E-state index contributed by atoms with van der Waals surface area (Å²) in [4.78, 5) is 14.8. The van der Waals surface area contributed by atoms with E-state index in [9.17, 15) is 4.79 Å². The minimum absolute atomic E-state index is 0.165. The van der Waals surface area contributed by atoms with Crippen LogP contribution in [-0.4, -0.2) is 16.9 Å². The Bertz CT molecular complexity index is 325. The van der Waals surface area contributed by atoms with Crippen LogP contribution in [0.4, 0.5) is 5.82 Å². The fourth-order valence-corrected chi connectivity index (χ4v) is 0.951. The molecule has 0 aliphatic carbocycles. The molecule has 0 aromatic carbocycles. The van der Waals surface area contributed by atoms with Crippen LogP contribution in [0.2, 0.25) is 0 Å². The Morgan fingerprint density at radius 2 is 2.50 bits per heavy atom. The van der Waals surface area contributed by atoms with Gasteiger partial charge in [-0.1, -0.05) is 6.92 Å². The summed E-state index contributed by atoms with van der Waals surface area (Å²) in [6, 6.07) is 6.40. The van der Waals surface area contributed by atoms with Gasteiger partial charge in [0.15, 0.2) is 0 Å². The van der Waals surface area contributed by atoms with Crippen LogP contribution in [0.1, 0.15) is 30.8 Å². The van der Waals surface area contributed by atoms with E-state index < -0.39 is 5.91 Å². The van der Waals surface area contributed by atoms with E-state index in [1.54, 1.807) is 12.1 Å². The number of hydrogen-bond acceptors (Lipinski definition) is 3. The number of nitrogens with two attached hydrogens (primary N) is 1. The van der Waals surface area contributed by atoms with Crippen molar-refractivity contribution in [3.63, 3.8) is 0 Å². The quantitative estimate of drug-likeness (QED) is 0.753. The van der Waals surface area contributed by atoms with Gasteiger partial charge in [0.2, 0.25) is 0 Å². The fraction of sp³-hybridized carbons (Fsp3) is 0.400. The largest absolute Gasteiger partial charge is 0.368 e. The molecule has 0 bridgehead atoms. The van der Waals surface area contributed by atoms with E-state index >= 15 is 0 Å². The highest BCUT2D eigenvalue weighted by Gasteiger charge is 2.04. The lowest BCUT2D eigenvalue weighted by atomic mass is 10.2. The van der Waals surface area contributed by atoms with E-state index in [1.165, 1.54) is 0 Å². The van der Waals surface area contributed by atoms with Gasteiger partial charge in [-0.2, -0.15) is 0 Å². The Morgan fingerprint density at radius 3 is 3.07 bits per heavy atom. The highest BCUT2D eigenvalue weighted by Crippen LogP contribution is 2.06. The topological polar surface area (TPSA) is 68.0 Å². The summed E-state index contributed by atoms with van der Waals surface area (Å²) in [5.74, 6) is 0.102. The van der Waals surface area contributed by atoms with E-state index in [1.807, 2.05) is 6.92 Å². The van der Waals surface area contributed by atoms with Gasteiger partial charge in [-0.25, -0.2) is 4.98 Å². The van der Waals surface area contributed by atoms with Crippen molar-refractivity contribution in [1.29, 1.82) is 0 Å². The third-order valence-corrected chi connectivity index (χ3v) is 1.93. The molecule has 14 heavy (non-hydrogen) atoms. The average molecular weight is 192 g/mol. The van der Waals surface area contributed by atoms with Gasteiger partial charge < -0.3 is 11.1 Å². The van der Waals surface area contributed by atoms with Crippen molar-refractivity contribution >= 4 is 11.7 Å². The van der Waals surface area contributed by atoms with Crippen LogP contribution in [0.15, 0.2) is 12.1 Å². The smallest absolute Gasteiger partial charge is 0.268 e. The number of anilines is 1. The molecular formula is C10H14N3O. The van der Waals surface area contributed by atoms with E-state index in [4.69, 9.17) is 5.73 Å². The van der Waals surface area contributed by atoms with Crippen molar-refractivity contribution in [1.82, 2.24) is 4.98 Å². The van der Waals surface area contributed by atoms with Crippen molar-refractivity contribution in [2.24, 2.45) is 5.73 Å². The maximum Gasteiger partial charge on any atom is 0.268 e. The Labute approximate surface area is 83.5 Å². The molecule has 3 N–H and O–H groups in total. The van der Waals surface area contributed by atoms with Gasteiger partial charge in [-0.15, -0.1) is 0 Å².